The van der Waals surface area contributed by atoms with Crippen LogP contribution in [0.3, 0.4) is 0 Å². The third kappa shape index (κ3) is 3.35. The van der Waals surface area contributed by atoms with E-state index in [9.17, 15) is 9.59 Å². The van der Waals surface area contributed by atoms with Crippen LogP contribution in [0.1, 0.15) is 35.2 Å². The zero-order valence-electron chi connectivity index (χ0n) is 14.6. The molecule has 0 aliphatic carbocycles. The summed E-state index contributed by atoms with van der Waals surface area (Å²) in [4.78, 5) is 27.1. The van der Waals surface area contributed by atoms with Gasteiger partial charge < -0.3 is 15.0 Å². The van der Waals surface area contributed by atoms with E-state index in [1.54, 1.807) is 24.3 Å². The number of nitrogens with one attached hydrogen (secondary N) is 1. The van der Waals surface area contributed by atoms with E-state index in [-0.39, 0.29) is 17.9 Å². The Bertz CT molecular complexity index is 828. The summed E-state index contributed by atoms with van der Waals surface area (Å²) in [7, 11) is 0. The van der Waals surface area contributed by atoms with Gasteiger partial charge in [0, 0.05) is 30.1 Å². The number of nitrogens with zero attached hydrogens (tertiary/aromatic N) is 1. The molecule has 2 aromatic rings. The number of carbonyl (C=O) groups is 2. The highest BCUT2D eigenvalue weighted by atomic mass is 16.5. The molecule has 0 spiro atoms. The second kappa shape index (κ2) is 7.30. The van der Waals surface area contributed by atoms with Crippen LogP contribution in [0, 0.1) is 0 Å². The topological polar surface area (TPSA) is 58.6 Å². The van der Waals surface area contributed by atoms with Crippen LogP contribution in [-0.4, -0.2) is 31.1 Å². The first-order chi connectivity index (χ1) is 12.7. The van der Waals surface area contributed by atoms with Crippen LogP contribution in [0.4, 0.5) is 11.4 Å². The first-order valence-electron chi connectivity index (χ1n) is 9.15. The number of carbonyl (C=O) groups excluding carboxylic acids is 2. The molecule has 2 aromatic carbocycles. The Morgan fingerprint density at radius 2 is 1.96 bits per heavy atom. The lowest BCUT2D eigenvalue weighted by Gasteiger charge is -2.29. The molecule has 0 unspecified atom stereocenters. The molecule has 0 radical (unpaired) electrons. The highest BCUT2D eigenvalue weighted by molar-refractivity contribution is 6.07. The number of hydrogen-bond donors (Lipinski definition) is 1. The first-order valence-corrected chi connectivity index (χ1v) is 9.15. The summed E-state index contributed by atoms with van der Waals surface area (Å²) in [6, 6.07) is 15.2. The maximum atomic E-state index is 13.0. The highest BCUT2D eigenvalue weighted by Crippen LogP contribution is 2.28. The van der Waals surface area contributed by atoms with E-state index in [2.05, 4.69) is 11.4 Å². The van der Waals surface area contributed by atoms with Gasteiger partial charge in [0.05, 0.1) is 0 Å². The van der Waals surface area contributed by atoms with Gasteiger partial charge in [-0.2, -0.15) is 0 Å². The zero-order valence-corrected chi connectivity index (χ0v) is 14.6. The van der Waals surface area contributed by atoms with Gasteiger partial charge >= 0.3 is 0 Å². The predicted octanol–water partition coefficient (Wildman–Crippen LogP) is 3.40. The van der Waals surface area contributed by atoms with E-state index < -0.39 is 0 Å². The fourth-order valence-electron chi connectivity index (χ4n) is 3.64. The minimum Gasteiger partial charge on any atom is -0.368 e. The van der Waals surface area contributed by atoms with Crippen molar-refractivity contribution >= 4 is 23.2 Å². The second-order valence-corrected chi connectivity index (χ2v) is 6.76. The van der Waals surface area contributed by atoms with Crippen molar-refractivity contribution in [2.75, 3.05) is 23.4 Å². The standard InChI is InChI=1S/C21H22N2O3/c24-20(19-11-5-13-26-19)22-17-9-3-7-16(14-17)21(25)23-12-4-8-15-6-1-2-10-18(15)23/h1-3,6-7,9-10,14,19H,4-5,8,11-13H2,(H,22,24)/t19-/m0/s1. The van der Waals surface area contributed by atoms with Crippen molar-refractivity contribution in [2.45, 2.75) is 31.8 Å². The van der Waals surface area contributed by atoms with Crippen molar-refractivity contribution in [1.29, 1.82) is 0 Å². The number of para-hydroxylation sites is 1. The highest BCUT2D eigenvalue weighted by Gasteiger charge is 2.25. The maximum absolute atomic E-state index is 13.0. The Morgan fingerprint density at radius 3 is 2.81 bits per heavy atom. The Labute approximate surface area is 153 Å². The molecule has 5 nitrogen and oxygen atoms in total. The number of hydrogen-bond acceptors (Lipinski definition) is 3. The minimum absolute atomic E-state index is 0.0367. The molecule has 4 rings (SSSR count). The van der Waals surface area contributed by atoms with Crippen LogP contribution in [0.5, 0.6) is 0 Å². The van der Waals surface area contributed by atoms with Crippen molar-refractivity contribution in [3.05, 3.63) is 59.7 Å². The quantitative estimate of drug-likeness (QED) is 0.923. The summed E-state index contributed by atoms with van der Waals surface area (Å²) in [5.41, 5.74) is 3.39. The number of benzene rings is 2. The normalized spacial score (nSPS) is 19.1. The van der Waals surface area contributed by atoms with Crippen LogP contribution >= 0.6 is 0 Å². The molecule has 0 bridgehead atoms. The van der Waals surface area contributed by atoms with E-state index in [0.717, 1.165) is 31.4 Å². The molecule has 0 saturated carbocycles. The number of rotatable bonds is 3. The van der Waals surface area contributed by atoms with Gasteiger partial charge in [-0.05, 0) is 55.5 Å². The number of anilines is 2. The molecular formula is C21H22N2O3. The summed E-state index contributed by atoms with van der Waals surface area (Å²) in [5.74, 6) is -0.180. The van der Waals surface area contributed by atoms with Crippen molar-refractivity contribution in [1.82, 2.24) is 0 Å². The number of fused-ring (bicyclic) bond motifs is 1. The van der Waals surface area contributed by atoms with Gasteiger partial charge in [0.15, 0.2) is 0 Å². The number of ether oxygens (including phenoxy) is 1. The zero-order chi connectivity index (χ0) is 17.9. The van der Waals surface area contributed by atoms with Gasteiger partial charge in [0.1, 0.15) is 6.10 Å². The Morgan fingerprint density at radius 1 is 1.08 bits per heavy atom. The Balaban J connectivity index is 1.53. The average molecular weight is 350 g/mol. The Kier molecular flexibility index (Phi) is 4.71. The molecule has 1 saturated heterocycles. The molecule has 2 aliphatic rings. The average Bonchev–Trinajstić information content (AvgIpc) is 3.22. The van der Waals surface area contributed by atoms with Crippen molar-refractivity contribution < 1.29 is 14.3 Å². The molecule has 26 heavy (non-hydrogen) atoms. The van der Waals surface area contributed by atoms with E-state index >= 15 is 0 Å². The van der Waals surface area contributed by atoms with E-state index in [4.69, 9.17) is 4.74 Å². The fraction of sp³-hybridized carbons (Fsp3) is 0.333. The van der Waals surface area contributed by atoms with Crippen molar-refractivity contribution in [3.63, 3.8) is 0 Å². The summed E-state index contributed by atoms with van der Waals surface area (Å²) in [6.07, 6.45) is 3.22. The van der Waals surface area contributed by atoms with Crippen LogP contribution in [-0.2, 0) is 16.0 Å². The van der Waals surface area contributed by atoms with Crippen molar-refractivity contribution in [2.24, 2.45) is 0 Å². The third-order valence-corrected chi connectivity index (χ3v) is 4.95. The molecule has 2 heterocycles. The van der Waals surface area contributed by atoms with Crippen LogP contribution < -0.4 is 10.2 Å². The summed E-state index contributed by atoms with van der Waals surface area (Å²) in [6.45, 7) is 1.34. The van der Waals surface area contributed by atoms with Crippen LogP contribution in [0.2, 0.25) is 0 Å². The van der Waals surface area contributed by atoms with Gasteiger partial charge in [-0.1, -0.05) is 24.3 Å². The molecule has 0 aromatic heterocycles. The minimum atomic E-state index is -0.386. The smallest absolute Gasteiger partial charge is 0.258 e. The van der Waals surface area contributed by atoms with E-state index in [0.29, 0.717) is 24.4 Å². The summed E-state index contributed by atoms with van der Waals surface area (Å²) < 4.78 is 5.41. The van der Waals surface area contributed by atoms with E-state index in [1.165, 1.54) is 5.56 Å². The lowest BCUT2D eigenvalue weighted by Crippen LogP contribution is -2.35. The summed E-state index contributed by atoms with van der Waals surface area (Å²) in [5, 5.41) is 2.87. The number of amides is 2. The molecule has 1 fully saturated rings. The molecule has 1 atom stereocenters. The van der Waals surface area contributed by atoms with E-state index in [1.807, 2.05) is 23.1 Å². The monoisotopic (exact) mass is 350 g/mol. The maximum Gasteiger partial charge on any atom is 0.258 e. The van der Waals surface area contributed by atoms with Gasteiger partial charge in [-0.25, -0.2) is 0 Å². The second-order valence-electron chi connectivity index (χ2n) is 6.76. The third-order valence-electron chi connectivity index (χ3n) is 4.95. The molecule has 134 valence electrons. The molecule has 2 amide bonds. The fourth-order valence-corrected chi connectivity index (χ4v) is 3.64. The predicted molar refractivity (Wildman–Crippen MR) is 100 cm³/mol. The van der Waals surface area contributed by atoms with Gasteiger partial charge in [-0.15, -0.1) is 0 Å². The van der Waals surface area contributed by atoms with Gasteiger partial charge in [-0.3, -0.25) is 9.59 Å². The van der Waals surface area contributed by atoms with Gasteiger partial charge in [0.25, 0.3) is 11.8 Å². The van der Waals surface area contributed by atoms with Crippen LogP contribution in [0.15, 0.2) is 48.5 Å². The molecule has 1 N–H and O–H groups in total. The first kappa shape index (κ1) is 16.8. The molecular weight excluding hydrogens is 328 g/mol. The number of aryl methyl sites for hydroxylation is 1. The molecule has 2 aliphatic heterocycles. The lowest BCUT2D eigenvalue weighted by molar-refractivity contribution is -0.124. The molecule has 5 heteroatoms. The van der Waals surface area contributed by atoms with Gasteiger partial charge in [0.2, 0.25) is 0 Å². The largest absolute Gasteiger partial charge is 0.368 e. The summed E-state index contributed by atoms with van der Waals surface area (Å²) >= 11 is 0. The lowest BCUT2D eigenvalue weighted by atomic mass is 10.0. The SMILES string of the molecule is O=C(Nc1cccc(C(=O)N2CCCc3ccccc32)c1)[C@@H]1CCCO1. The van der Waals surface area contributed by atoms with Crippen LogP contribution in [0.25, 0.3) is 0 Å². The Hall–Kier alpha value is -2.66. The van der Waals surface area contributed by atoms with Crippen molar-refractivity contribution in [3.8, 4) is 0 Å².